The molecule has 5 heteroatoms. The maximum Gasteiger partial charge on any atom is 0.246 e. The highest BCUT2D eigenvalue weighted by molar-refractivity contribution is 5.97. The third-order valence-corrected chi connectivity index (χ3v) is 4.61. The van der Waals surface area contributed by atoms with Gasteiger partial charge in [0.15, 0.2) is 0 Å². The van der Waals surface area contributed by atoms with Crippen molar-refractivity contribution in [2.24, 2.45) is 0 Å². The first-order valence-corrected chi connectivity index (χ1v) is 8.18. The van der Waals surface area contributed by atoms with Crippen LogP contribution < -0.4 is 16.0 Å². The van der Waals surface area contributed by atoms with E-state index in [0.717, 1.165) is 36.3 Å². The number of aryl methyl sites for hydroxylation is 1. The van der Waals surface area contributed by atoms with Gasteiger partial charge in [0.25, 0.3) is 0 Å². The molecule has 4 nitrogen and oxygen atoms in total. The van der Waals surface area contributed by atoms with Crippen LogP contribution in [0.15, 0.2) is 36.4 Å². The summed E-state index contributed by atoms with van der Waals surface area (Å²) in [6, 6.07) is 10.2. The summed E-state index contributed by atoms with van der Waals surface area (Å²) in [5, 5.41) is 2.80. The molecule has 0 aromatic heterocycles. The number of carbonyl (C=O) groups excluding carboxylic acids is 1. The molecule has 0 saturated heterocycles. The number of nitrogens with one attached hydrogen (secondary N) is 1. The van der Waals surface area contributed by atoms with Gasteiger partial charge in [-0.3, -0.25) is 4.79 Å². The van der Waals surface area contributed by atoms with Gasteiger partial charge < -0.3 is 16.0 Å². The Bertz CT molecular complexity index is 775. The maximum atomic E-state index is 13.7. The molecular formula is C19H22FN3O. The number of anilines is 3. The minimum Gasteiger partial charge on any atom is -0.398 e. The number of halogens is 1. The van der Waals surface area contributed by atoms with Gasteiger partial charge in [-0.2, -0.15) is 0 Å². The van der Waals surface area contributed by atoms with Crippen molar-refractivity contribution in [2.45, 2.75) is 32.7 Å². The van der Waals surface area contributed by atoms with Crippen LogP contribution in [0.3, 0.4) is 0 Å². The van der Waals surface area contributed by atoms with Crippen molar-refractivity contribution in [3.63, 3.8) is 0 Å². The summed E-state index contributed by atoms with van der Waals surface area (Å²) in [6.45, 7) is 4.35. The van der Waals surface area contributed by atoms with Crippen molar-refractivity contribution in [1.29, 1.82) is 0 Å². The van der Waals surface area contributed by atoms with Crippen molar-refractivity contribution >= 4 is 23.0 Å². The molecule has 24 heavy (non-hydrogen) atoms. The molecule has 1 aliphatic heterocycles. The van der Waals surface area contributed by atoms with E-state index in [1.54, 1.807) is 19.1 Å². The third kappa shape index (κ3) is 3.07. The lowest BCUT2D eigenvalue weighted by molar-refractivity contribution is -0.117. The molecule has 0 fully saturated rings. The Kier molecular flexibility index (Phi) is 4.42. The van der Waals surface area contributed by atoms with E-state index < -0.39 is 0 Å². The Labute approximate surface area is 141 Å². The average molecular weight is 327 g/mol. The average Bonchev–Trinajstić information content (AvgIpc) is 2.57. The topological polar surface area (TPSA) is 58.4 Å². The predicted molar refractivity (Wildman–Crippen MR) is 95.8 cm³/mol. The van der Waals surface area contributed by atoms with Crippen LogP contribution in [0.4, 0.5) is 21.5 Å². The van der Waals surface area contributed by atoms with Crippen molar-refractivity contribution in [2.75, 3.05) is 22.5 Å². The summed E-state index contributed by atoms with van der Waals surface area (Å²) in [5.41, 5.74) is 9.98. The number of rotatable bonds is 3. The first kappa shape index (κ1) is 16.3. The highest BCUT2D eigenvalue weighted by Gasteiger charge is 2.27. The van der Waals surface area contributed by atoms with Gasteiger partial charge in [0.2, 0.25) is 5.91 Å². The molecule has 0 bridgehead atoms. The number of nitrogen functional groups attached to an aromatic ring is 1. The highest BCUT2D eigenvalue weighted by Crippen LogP contribution is 2.32. The van der Waals surface area contributed by atoms with E-state index in [9.17, 15) is 9.18 Å². The summed E-state index contributed by atoms with van der Waals surface area (Å²) in [6.07, 6.45) is 1.88. The van der Waals surface area contributed by atoms with Crippen molar-refractivity contribution < 1.29 is 9.18 Å². The van der Waals surface area contributed by atoms with Crippen LogP contribution >= 0.6 is 0 Å². The van der Waals surface area contributed by atoms with Crippen LogP contribution in [-0.2, 0) is 11.2 Å². The van der Waals surface area contributed by atoms with Crippen LogP contribution in [0.2, 0.25) is 0 Å². The normalized spacial score (nSPS) is 14.9. The number of hydrogen-bond donors (Lipinski definition) is 2. The summed E-state index contributed by atoms with van der Waals surface area (Å²) >= 11 is 0. The fourth-order valence-corrected chi connectivity index (χ4v) is 3.14. The minimum atomic E-state index is -0.366. The molecule has 0 radical (unpaired) electrons. The fourth-order valence-electron chi connectivity index (χ4n) is 3.14. The molecule has 1 heterocycles. The van der Waals surface area contributed by atoms with Crippen LogP contribution in [0.5, 0.6) is 0 Å². The number of carbonyl (C=O) groups is 1. The van der Waals surface area contributed by atoms with Gasteiger partial charge in [0.1, 0.15) is 11.9 Å². The zero-order valence-corrected chi connectivity index (χ0v) is 14.0. The van der Waals surface area contributed by atoms with Gasteiger partial charge in [0, 0.05) is 23.6 Å². The smallest absolute Gasteiger partial charge is 0.246 e. The van der Waals surface area contributed by atoms with E-state index in [1.165, 1.54) is 6.07 Å². The number of nitrogens with two attached hydrogens (primary N) is 1. The number of amides is 1. The second-order valence-corrected chi connectivity index (χ2v) is 6.27. The first-order chi connectivity index (χ1) is 11.5. The van der Waals surface area contributed by atoms with Gasteiger partial charge >= 0.3 is 0 Å². The molecule has 2 aromatic carbocycles. The van der Waals surface area contributed by atoms with Crippen molar-refractivity contribution in [3.05, 3.63) is 53.3 Å². The fraction of sp³-hybridized carbons (Fsp3) is 0.316. The van der Waals surface area contributed by atoms with E-state index in [1.807, 2.05) is 25.1 Å². The Morgan fingerprint density at radius 3 is 2.88 bits per heavy atom. The van der Waals surface area contributed by atoms with Crippen LogP contribution in [-0.4, -0.2) is 18.5 Å². The Hall–Kier alpha value is -2.56. The number of benzene rings is 2. The monoisotopic (exact) mass is 327 g/mol. The zero-order valence-electron chi connectivity index (χ0n) is 14.0. The molecule has 3 rings (SSSR count). The standard InChI is InChI=1S/C19H22FN3O/c1-12-8-9-14(11-16(12)20)22-19(24)13(2)23-10-4-5-15-17(21)6-3-7-18(15)23/h3,6-9,11,13H,4-5,10,21H2,1-2H3,(H,22,24). The second kappa shape index (κ2) is 6.51. The molecule has 1 unspecified atom stereocenters. The minimum absolute atomic E-state index is 0.159. The Morgan fingerprint density at radius 1 is 1.33 bits per heavy atom. The van der Waals surface area contributed by atoms with E-state index in [-0.39, 0.29) is 17.8 Å². The van der Waals surface area contributed by atoms with E-state index in [0.29, 0.717) is 11.3 Å². The van der Waals surface area contributed by atoms with Gasteiger partial charge in [-0.1, -0.05) is 12.1 Å². The lowest BCUT2D eigenvalue weighted by Crippen LogP contribution is -2.44. The molecule has 0 aliphatic carbocycles. The molecule has 0 spiro atoms. The Morgan fingerprint density at radius 2 is 2.12 bits per heavy atom. The summed E-state index contributed by atoms with van der Waals surface area (Å²) in [7, 11) is 0. The number of fused-ring (bicyclic) bond motifs is 1. The summed E-state index contributed by atoms with van der Waals surface area (Å²) in [4.78, 5) is 14.7. The predicted octanol–water partition coefficient (Wildman–Crippen LogP) is 3.50. The van der Waals surface area contributed by atoms with E-state index >= 15 is 0 Å². The van der Waals surface area contributed by atoms with Gasteiger partial charge in [-0.25, -0.2) is 4.39 Å². The van der Waals surface area contributed by atoms with Crippen LogP contribution in [0, 0.1) is 12.7 Å². The number of hydrogen-bond acceptors (Lipinski definition) is 3. The van der Waals surface area contributed by atoms with Crippen LogP contribution in [0.1, 0.15) is 24.5 Å². The molecule has 3 N–H and O–H groups in total. The lowest BCUT2D eigenvalue weighted by Gasteiger charge is -2.36. The molecule has 1 aliphatic rings. The van der Waals surface area contributed by atoms with Crippen molar-refractivity contribution in [1.82, 2.24) is 0 Å². The number of nitrogens with zero attached hydrogens (tertiary/aromatic N) is 1. The quantitative estimate of drug-likeness (QED) is 0.848. The molecule has 1 amide bonds. The second-order valence-electron chi connectivity index (χ2n) is 6.27. The van der Waals surface area contributed by atoms with Crippen LogP contribution in [0.25, 0.3) is 0 Å². The van der Waals surface area contributed by atoms with Crippen molar-refractivity contribution in [3.8, 4) is 0 Å². The molecule has 1 atom stereocenters. The largest absolute Gasteiger partial charge is 0.398 e. The molecular weight excluding hydrogens is 305 g/mol. The van der Waals surface area contributed by atoms with E-state index in [2.05, 4.69) is 10.2 Å². The Balaban J connectivity index is 1.79. The molecule has 0 saturated carbocycles. The SMILES string of the molecule is Cc1ccc(NC(=O)C(C)N2CCCc3c(N)cccc32)cc1F. The summed E-state index contributed by atoms with van der Waals surface area (Å²) in [5.74, 6) is -0.481. The highest BCUT2D eigenvalue weighted by atomic mass is 19.1. The molecule has 2 aromatic rings. The molecule has 126 valence electrons. The van der Waals surface area contributed by atoms with Gasteiger partial charge in [-0.15, -0.1) is 0 Å². The first-order valence-electron chi connectivity index (χ1n) is 8.18. The third-order valence-electron chi connectivity index (χ3n) is 4.61. The van der Waals surface area contributed by atoms with Gasteiger partial charge in [0.05, 0.1) is 0 Å². The lowest BCUT2D eigenvalue weighted by atomic mass is 9.98. The maximum absolute atomic E-state index is 13.7. The zero-order chi connectivity index (χ0) is 17.3. The van der Waals surface area contributed by atoms with E-state index in [4.69, 9.17) is 5.73 Å². The van der Waals surface area contributed by atoms with Gasteiger partial charge in [-0.05, 0) is 62.1 Å². The summed E-state index contributed by atoms with van der Waals surface area (Å²) < 4.78 is 13.7.